The van der Waals surface area contributed by atoms with Crippen LogP contribution in [0, 0.1) is 5.82 Å². The number of hydrogen-bond acceptors (Lipinski definition) is 3. The first-order valence-electron chi connectivity index (χ1n) is 7.90. The zero-order valence-corrected chi connectivity index (χ0v) is 14.1. The molecule has 0 saturated carbocycles. The van der Waals surface area contributed by atoms with E-state index in [9.17, 15) is 9.18 Å². The van der Waals surface area contributed by atoms with Crippen molar-refractivity contribution in [3.63, 3.8) is 0 Å². The molecule has 0 heterocycles. The predicted molar refractivity (Wildman–Crippen MR) is 90.7 cm³/mol. The van der Waals surface area contributed by atoms with Gasteiger partial charge in [-0.1, -0.05) is 25.1 Å². The summed E-state index contributed by atoms with van der Waals surface area (Å²) in [5, 5.41) is 2.94. The van der Waals surface area contributed by atoms with Gasteiger partial charge in [0.15, 0.2) is 6.10 Å². The third-order valence-corrected chi connectivity index (χ3v) is 3.72. The molecule has 0 aliphatic carbocycles. The lowest BCUT2D eigenvalue weighted by Crippen LogP contribution is -2.39. The average molecular weight is 331 g/mol. The number of carbonyl (C=O) groups excluding carboxylic acids is 1. The number of amides is 1. The first-order chi connectivity index (χ1) is 11.5. The van der Waals surface area contributed by atoms with Gasteiger partial charge in [-0.25, -0.2) is 4.39 Å². The summed E-state index contributed by atoms with van der Waals surface area (Å²) in [7, 11) is 1.60. The summed E-state index contributed by atoms with van der Waals surface area (Å²) >= 11 is 0. The molecule has 0 aromatic heterocycles. The highest BCUT2D eigenvalue weighted by atomic mass is 19.1. The highest BCUT2D eigenvalue weighted by molar-refractivity contribution is 5.81. The van der Waals surface area contributed by atoms with E-state index in [0.717, 1.165) is 11.3 Å². The van der Waals surface area contributed by atoms with Crippen LogP contribution in [0.15, 0.2) is 48.5 Å². The number of nitrogens with one attached hydrogen (secondary N) is 1. The quantitative estimate of drug-likeness (QED) is 0.838. The lowest BCUT2D eigenvalue weighted by molar-refractivity contribution is -0.128. The van der Waals surface area contributed by atoms with E-state index < -0.39 is 6.10 Å². The SMILES string of the molecule is CCC(Oc1ccc(F)cc1)C(=O)NC(C)c1ccccc1OC. The maximum atomic E-state index is 12.9. The molecule has 2 unspecified atom stereocenters. The summed E-state index contributed by atoms with van der Waals surface area (Å²) in [4.78, 5) is 12.5. The fourth-order valence-electron chi connectivity index (χ4n) is 2.41. The highest BCUT2D eigenvalue weighted by Gasteiger charge is 2.22. The molecular formula is C19H22FNO3. The number of methoxy groups -OCH3 is 1. The van der Waals surface area contributed by atoms with Crippen molar-refractivity contribution in [3.05, 3.63) is 59.9 Å². The Hall–Kier alpha value is -2.56. The number of para-hydroxylation sites is 1. The second-order valence-electron chi connectivity index (χ2n) is 5.44. The van der Waals surface area contributed by atoms with Crippen LogP contribution in [0.3, 0.4) is 0 Å². The van der Waals surface area contributed by atoms with Crippen molar-refractivity contribution in [2.24, 2.45) is 0 Å². The molecule has 2 aromatic rings. The number of halogens is 1. The molecule has 0 aliphatic rings. The van der Waals surface area contributed by atoms with Crippen molar-refractivity contribution in [1.29, 1.82) is 0 Å². The van der Waals surface area contributed by atoms with Gasteiger partial charge in [0.1, 0.15) is 17.3 Å². The Bertz CT molecular complexity index is 673. The lowest BCUT2D eigenvalue weighted by atomic mass is 10.1. The molecule has 5 heteroatoms. The minimum Gasteiger partial charge on any atom is -0.496 e. The van der Waals surface area contributed by atoms with Crippen LogP contribution in [0.4, 0.5) is 4.39 Å². The maximum Gasteiger partial charge on any atom is 0.261 e. The molecule has 0 fully saturated rings. The average Bonchev–Trinajstić information content (AvgIpc) is 2.60. The zero-order valence-electron chi connectivity index (χ0n) is 14.1. The minimum atomic E-state index is -0.646. The normalized spacial score (nSPS) is 13.0. The van der Waals surface area contributed by atoms with E-state index >= 15 is 0 Å². The highest BCUT2D eigenvalue weighted by Crippen LogP contribution is 2.24. The molecule has 1 N–H and O–H groups in total. The molecular weight excluding hydrogens is 309 g/mol. The fraction of sp³-hybridized carbons (Fsp3) is 0.316. The van der Waals surface area contributed by atoms with Crippen LogP contribution < -0.4 is 14.8 Å². The van der Waals surface area contributed by atoms with Crippen LogP contribution in [0.1, 0.15) is 31.9 Å². The van der Waals surface area contributed by atoms with E-state index in [0.29, 0.717) is 12.2 Å². The van der Waals surface area contributed by atoms with Crippen LogP contribution in [-0.2, 0) is 4.79 Å². The van der Waals surface area contributed by atoms with Crippen molar-refractivity contribution in [2.75, 3.05) is 7.11 Å². The Morgan fingerprint density at radius 2 is 1.83 bits per heavy atom. The van der Waals surface area contributed by atoms with E-state index in [1.807, 2.05) is 38.1 Å². The smallest absolute Gasteiger partial charge is 0.261 e. The molecule has 0 spiro atoms. The Balaban J connectivity index is 2.04. The Kier molecular flexibility index (Phi) is 6.18. The standard InChI is InChI=1S/C19H22FNO3/c1-4-17(24-15-11-9-14(20)10-12-15)19(22)21-13(2)16-7-5-6-8-18(16)23-3/h5-13,17H,4H2,1-3H3,(H,21,22). The number of hydrogen-bond donors (Lipinski definition) is 1. The van der Waals surface area contributed by atoms with Crippen molar-refractivity contribution in [1.82, 2.24) is 5.32 Å². The molecule has 128 valence electrons. The molecule has 0 aliphatic heterocycles. The van der Waals surface area contributed by atoms with E-state index in [1.54, 1.807) is 7.11 Å². The number of rotatable bonds is 7. The van der Waals surface area contributed by atoms with E-state index in [1.165, 1.54) is 24.3 Å². The molecule has 4 nitrogen and oxygen atoms in total. The molecule has 24 heavy (non-hydrogen) atoms. The Morgan fingerprint density at radius 3 is 2.46 bits per heavy atom. The van der Waals surface area contributed by atoms with Crippen LogP contribution >= 0.6 is 0 Å². The van der Waals surface area contributed by atoms with Crippen LogP contribution in [0.25, 0.3) is 0 Å². The van der Waals surface area contributed by atoms with Crippen LogP contribution in [0.5, 0.6) is 11.5 Å². The second-order valence-corrected chi connectivity index (χ2v) is 5.44. The molecule has 2 aromatic carbocycles. The van der Waals surface area contributed by atoms with Crippen LogP contribution in [0.2, 0.25) is 0 Å². The zero-order chi connectivity index (χ0) is 17.5. The van der Waals surface area contributed by atoms with Crippen molar-refractivity contribution < 1.29 is 18.7 Å². The van der Waals surface area contributed by atoms with Gasteiger partial charge in [0, 0.05) is 5.56 Å². The summed E-state index contributed by atoms with van der Waals surface area (Å²) in [5.41, 5.74) is 0.894. The Morgan fingerprint density at radius 1 is 1.17 bits per heavy atom. The number of carbonyl (C=O) groups is 1. The monoisotopic (exact) mass is 331 g/mol. The van der Waals surface area contributed by atoms with Gasteiger partial charge in [-0.05, 0) is 43.7 Å². The van der Waals surface area contributed by atoms with Gasteiger partial charge in [-0.2, -0.15) is 0 Å². The Labute approximate surface area is 141 Å². The molecule has 2 atom stereocenters. The summed E-state index contributed by atoms with van der Waals surface area (Å²) in [6.45, 7) is 3.75. The molecule has 1 amide bonds. The third-order valence-electron chi connectivity index (χ3n) is 3.72. The topological polar surface area (TPSA) is 47.6 Å². The lowest BCUT2D eigenvalue weighted by Gasteiger charge is -2.22. The molecule has 2 rings (SSSR count). The van der Waals surface area contributed by atoms with Gasteiger partial charge in [-0.3, -0.25) is 4.79 Å². The third kappa shape index (κ3) is 4.47. The minimum absolute atomic E-state index is 0.222. The fourth-order valence-corrected chi connectivity index (χ4v) is 2.41. The van der Waals surface area contributed by atoms with Crippen molar-refractivity contribution in [2.45, 2.75) is 32.4 Å². The van der Waals surface area contributed by atoms with E-state index in [-0.39, 0.29) is 17.8 Å². The summed E-state index contributed by atoms with van der Waals surface area (Å²) < 4.78 is 23.9. The maximum absolute atomic E-state index is 12.9. The molecule has 0 radical (unpaired) electrons. The van der Waals surface area contributed by atoms with Gasteiger partial charge < -0.3 is 14.8 Å². The summed E-state index contributed by atoms with van der Waals surface area (Å²) in [6.07, 6.45) is -0.144. The van der Waals surface area contributed by atoms with Crippen LogP contribution in [-0.4, -0.2) is 19.1 Å². The first kappa shape index (κ1) is 17.8. The second kappa shape index (κ2) is 8.34. The van der Waals surface area contributed by atoms with Crippen molar-refractivity contribution >= 4 is 5.91 Å². The first-order valence-corrected chi connectivity index (χ1v) is 7.90. The van der Waals surface area contributed by atoms with Gasteiger partial charge in [0.2, 0.25) is 0 Å². The molecule has 0 saturated heterocycles. The van der Waals surface area contributed by atoms with Gasteiger partial charge >= 0.3 is 0 Å². The number of ether oxygens (including phenoxy) is 2. The largest absolute Gasteiger partial charge is 0.496 e. The number of benzene rings is 2. The van der Waals surface area contributed by atoms with E-state index in [2.05, 4.69) is 5.32 Å². The van der Waals surface area contributed by atoms with Gasteiger partial charge in [-0.15, -0.1) is 0 Å². The molecule has 0 bridgehead atoms. The predicted octanol–water partition coefficient (Wildman–Crippen LogP) is 3.87. The summed E-state index contributed by atoms with van der Waals surface area (Å²) in [5.74, 6) is 0.617. The van der Waals surface area contributed by atoms with Crippen molar-refractivity contribution in [3.8, 4) is 11.5 Å². The van der Waals surface area contributed by atoms with E-state index in [4.69, 9.17) is 9.47 Å². The summed E-state index contributed by atoms with van der Waals surface area (Å²) in [6, 6.07) is 12.9. The van der Waals surface area contributed by atoms with Gasteiger partial charge in [0.25, 0.3) is 5.91 Å². The van der Waals surface area contributed by atoms with Gasteiger partial charge in [0.05, 0.1) is 13.2 Å².